The minimum absolute atomic E-state index is 0.0427. The van der Waals surface area contributed by atoms with Crippen LogP contribution in [0.15, 0.2) is 34.7 Å². The first-order chi connectivity index (χ1) is 16.8. The highest BCUT2D eigenvalue weighted by atomic mass is 19.3. The lowest BCUT2D eigenvalue weighted by molar-refractivity contribution is -0.0231. The molecule has 0 radical (unpaired) electrons. The number of nitrogens with one attached hydrogen (secondary N) is 1. The molecule has 0 aromatic rings. The van der Waals surface area contributed by atoms with Crippen molar-refractivity contribution in [2.45, 2.75) is 119 Å². The summed E-state index contributed by atoms with van der Waals surface area (Å²) in [4.78, 5) is 0. The Kier molecular flexibility index (Phi) is 13.3. The quantitative estimate of drug-likeness (QED) is 0.350. The number of aliphatic hydroxyl groups excluding tert-OH is 1. The fourth-order valence-electron chi connectivity index (χ4n) is 6.41. The van der Waals surface area contributed by atoms with Crippen molar-refractivity contribution in [1.82, 2.24) is 5.32 Å². The molecule has 3 unspecified atom stereocenters. The normalized spacial score (nSPS) is 34.1. The Labute approximate surface area is 212 Å². The predicted molar refractivity (Wildman–Crippen MR) is 140 cm³/mol. The number of rotatable bonds is 0. The Balaban J connectivity index is 0.000000440. The monoisotopic (exact) mass is 501 g/mol. The molecule has 1 spiro atoms. The van der Waals surface area contributed by atoms with E-state index in [0.29, 0.717) is 18.8 Å². The van der Waals surface area contributed by atoms with Crippen molar-refractivity contribution in [3.05, 3.63) is 34.7 Å². The molecule has 0 bridgehead atoms. The molecule has 6 heteroatoms. The second-order valence-electron chi connectivity index (χ2n) is 9.54. The minimum atomic E-state index is -2.24. The molecule has 5 aliphatic rings. The van der Waals surface area contributed by atoms with Gasteiger partial charge in [-0.25, -0.2) is 4.39 Å². The summed E-state index contributed by atoms with van der Waals surface area (Å²) in [5.74, 6) is -0.00514. The summed E-state index contributed by atoms with van der Waals surface area (Å²) in [5, 5.41) is 14.1. The van der Waals surface area contributed by atoms with Gasteiger partial charge in [-0.2, -0.15) is 8.78 Å². The van der Waals surface area contributed by atoms with Crippen LogP contribution in [-0.2, 0) is 4.74 Å². The van der Waals surface area contributed by atoms with Crippen LogP contribution in [0.25, 0.3) is 0 Å². The number of hydrogen-bond donors (Lipinski definition) is 2. The van der Waals surface area contributed by atoms with Gasteiger partial charge < -0.3 is 9.84 Å². The number of aliphatic hydroxyl groups is 1. The lowest BCUT2D eigenvalue weighted by Crippen LogP contribution is -2.46. The lowest BCUT2D eigenvalue weighted by atomic mass is 9.58. The third-order valence-corrected chi connectivity index (χ3v) is 8.00. The van der Waals surface area contributed by atoms with Crippen LogP contribution in [-0.4, -0.2) is 30.1 Å². The lowest BCUT2D eigenvalue weighted by Gasteiger charge is -2.48. The number of fused-ring (bicyclic) bond motifs is 4. The van der Waals surface area contributed by atoms with Crippen molar-refractivity contribution in [3.8, 4) is 0 Å². The molecule has 204 valence electrons. The number of ether oxygens (including phenoxy) is 1. The maximum atomic E-state index is 11.0. The highest BCUT2D eigenvalue weighted by Gasteiger charge is 2.53. The van der Waals surface area contributed by atoms with Crippen molar-refractivity contribution in [2.24, 2.45) is 17.3 Å². The van der Waals surface area contributed by atoms with E-state index in [4.69, 9.17) is 4.74 Å². The molecule has 35 heavy (non-hydrogen) atoms. The van der Waals surface area contributed by atoms with Crippen LogP contribution in [0.1, 0.15) is 107 Å². The average molecular weight is 502 g/mol. The van der Waals surface area contributed by atoms with Crippen LogP contribution in [0.5, 0.6) is 0 Å². The molecule has 1 heterocycles. The smallest absolute Gasteiger partial charge is 0.301 e. The second kappa shape index (κ2) is 14.6. The molecule has 3 nitrogen and oxygen atoms in total. The summed E-state index contributed by atoms with van der Waals surface area (Å²) in [6.45, 7) is 16.9. The van der Waals surface area contributed by atoms with Gasteiger partial charge in [-0.1, -0.05) is 60.1 Å². The van der Waals surface area contributed by atoms with Gasteiger partial charge in [0, 0.05) is 18.4 Å². The predicted octanol–water partition coefficient (Wildman–Crippen LogP) is 8.46. The molecular weight excluding hydrogens is 451 g/mol. The van der Waals surface area contributed by atoms with E-state index in [1.165, 1.54) is 25.7 Å². The third-order valence-electron chi connectivity index (χ3n) is 8.00. The zero-order valence-electron chi connectivity index (χ0n) is 23.4. The van der Waals surface area contributed by atoms with Crippen LogP contribution in [0.4, 0.5) is 13.2 Å². The van der Waals surface area contributed by atoms with E-state index in [1.807, 2.05) is 41.5 Å². The number of allylic oxidation sites excluding steroid dienone is 4. The molecular formula is C29H50F3NO2. The zero-order chi connectivity index (χ0) is 26.8. The highest BCUT2D eigenvalue weighted by molar-refractivity contribution is 5.45. The summed E-state index contributed by atoms with van der Waals surface area (Å²) in [5.41, 5.74) is 5.09. The topological polar surface area (TPSA) is 41.5 Å². The summed E-state index contributed by atoms with van der Waals surface area (Å²) < 4.78 is 38.3. The van der Waals surface area contributed by atoms with Crippen LogP contribution in [0.3, 0.4) is 0 Å². The molecule has 1 aliphatic heterocycles. The summed E-state index contributed by atoms with van der Waals surface area (Å²) >= 11 is 0. The van der Waals surface area contributed by atoms with Crippen molar-refractivity contribution in [1.29, 1.82) is 0 Å². The van der Waals surface area contributed by atoms with Gasteiger partial charge in [-0.15, -0.1) is 0 Å². The molecule has 0 amide bonds. The fourth-order valence-corrected chi connectivity index (χ4v) is 6.41. The van der Waals surface area contributed by atoms with E-state index in [0.717, 1.165) is 38.8 Å². The summed E-state index contributed by atoms with van der Waals surface area (Å²) in [6.07, 6.45) is 9.39. The van der Waals surface area contributed by atoms with Crippen LogP contribution >= 0.6 is 0 Å². The van der Waals surface area contributed by atoms with Gasteiger partial charge in [0.05, 0.1) is 12.7 Å². The van der Waals surface area contributed by atoms with E-state index >= 15 is 0 Å². The molecule has 0 aromatic heterocycles. The van der Waals surface area contributed by atoms with Gasteiger partial charge in [-0.05, 0) is 74.9 Å². The fraction of sp³-hybridized carbons (Fsp3) is 0.793. The maximum absolute atomic E-state index is 11.0. The van der Waals surface area contributed by atoms with Gasteiger partial charge >= 0.3 is 6.08 Å². The van der Waals surface area contributed by atoms with E-state index in [1.54, 1.807) is 16.7 Å². The van der Waals surface area contributed by atoms with Gasteiger partial charge in [0.15, 0.2) is 5.83 Å². The first kappa shape index (κ1) is 31.9. The molecule has 0 aromatic carbocycles. The maximum Gasteiger partial charge on any atom is 0.301 e. The highest BCUT2D eigenvalue weighted by Crippen LogP contribution is 2.59. The molecule has 5 rings (SSSR count). The van der Waals surface area contributed by atoms with Gasteiger partial charge in [-0.3, -0.25) is 5.32 Å². The van der Waals surface area contributed by atoms with Crippen LogP contribution in [0.2, 0.25) is 0 Å². The summed E-state index contributed by atoms with van der Waals surface area (Å²) in [7, 11) is 0. The Morgan fingerprint density at radius 2 is 1.66 bits per heavy atom. The Morgan fingerprint density at radius 3 is 2.20 bits per heavy atom. The van der Waals surface area contributed by atoms with E-state index in [2.05, 4.69) is 18.3 Å². The Bertz CT molecular complexity index is 737. The third kappa shape index (κ3) is 7.01. The molecule has 1 saturated heterocycles. The van der Waals surface area contributed by atoms with Crippen molar-refractivity contribution < 1.29 is 23.0 Å². The molecule has 5 atom stereocenters. The van der Waals surface area contributed by atoms with E-state index in [-0.39, 0.29) is 17.2 Å². The van der Waals surface area contributed by atoms with Crippen molar-refractivity contribution in [3.63, 3.8) is 0 Å². The van der Waals surface area contributed by atoms with Crippen LogP contribution in [0, 0.1) is 17.3 Å². The minimum Gasteiger partial charge on any atom is -0.393 e. The van der Waals surface area contributed by atoms with Crippen molar-refractivity contribution >= 4 is 0 Å². The average Bonchev–Trinajstić information content (AvgIpc) is 3.46. The first-order valence-corrected chi connectivity index (χ1v) is 13.9. The number of halogens is 3. The van der Waals surface area contributed by atoms with Crippen LogP contribution < -0.4 is 5.32 Å². The van der Waals surface area contributed by atoms with E-state index in [9.17, 15) is 18.3 Å². The van der Waals surface area contributed by atoms with Gasteiger partial charge in [0.25, 0.3) is 0 Å². The Morgan fingerprint density at radius 1 is 1.03 bits per heavy atom. The Hall–Kier alpha value is -1.11. The molecule has 2 fully saturated rings. The molecule has 2 N–H and O–H groups in total. The van der Waals surface area contributed by atoms with Gasteiger partial charge in [0.2, 0.25) is 0 Å². The zero-order valence-corrected chi connectivity index (χ0v) is 23.4. The standard InChI is InChI=1S/C20H29NO2.C3H3F3.3C2H6/c1-19-8-6-15-14-7-9-20(21-10-11-23-20)12-13(14)2-3-16(15)17(19)4-5-18(19)22;1-2(4)3(5)6;3*1-2/h6,16-18,21-22H,2-5,7-12H2,1H3;1H3;3*1-2H3/t16?,17?,18-,19-,20?;;;;/m0..../s1. The van der Waals surface area contributed by atoms with Crippen molar-refractivity contribution in [2.75, 3.05) is 13.2 Å². The summed E-state index contributed by atoms with van der Waals surface area (Å²) in [6, 6.07) is 0. The largest absolute Gasteiger partial charge is 0.393 e. The molecule has 4 aliphatic carbocycles. The second-order valence-corrected chi connectivity index (χ2v) is 9.54. The first-order valence-electron chi connectivity index (χ1n) is 13.9. The SMILES string of the molecule is CC.CC.CC.CC(F)=C(F)F.C[C@]12CC=C3C4=C(CCC3C1CC[C@@H]2O)CC1(CC4)NCCO1. The molecule has 1 saturated carbocycles. The van der Waals surface area contributed by atoms with E-state index < -0.39 is 11.9 Å². The number of hydrogen-bond acceptors (Lipinski definition) is 3. The van der Waals surface area contributed by atoms with Gasteiger partial charge in [0.1, 0.15) is 5.72 Å².